The summed E-state index contributed by atoms with van der Waals surface area (Å²) in [5.74, 6) is -0.000185. The van der Waals surface area contributed by atoms with Gasteiger partial charge in [-0.1, -0.05) is 40.2 Å². The normalized spacial score (nSPS) is 14.4. The monoisotopic (exact) mass is 314 g/mol. The van der Waals surface area contributed by atoms with Crippen LogP contribution in [0.25, 0.3) is 0 Å². The average Bonchev–Trinajstić information content (AvgIpc) is 2.39. The third-order valence-corrected chi connectivity index (χ3v) is 3.90. The van der Waals surface area contributed by atoms with Gasteiger partial charge in [-0.2, -0.15) is 0 Å². The third-order valence-electron chi connectivity index (χ3n) is 3.40. The van der Waals surface area contributed by atoms with Gasteiger partial charge in [0.15, 0.2) is 11.6 Å². The van der Waals surface area contributed by atoms with Gasteiger partial charge < -0.3 is 0 Å². The smallest absolute Gasteiger partial charge is 0.168 e. The first kappa shape index (κ1) is 12.3. The Kier molecular flexibility index (Phi) is 3.07. The van der Waals surface area contributed by atoms with Crippen LogP contribution in [0.15, 0.2) is 46.9 Å². The number of ketones is 2. The summed E-state index contributed by atoms with van der Waals surface area (Å²) >= 11 is 3.35. The summed E-state index contributed by atoms with van der Waals surface area (Å²) in [6.07, 6.45) is 0.713. The molecule has 2 aromatic carbocycles. The molecule has 0 radical (unpaired) electrons. The van der Waals surface area contributed by atoms with Crippen LogP contribution in [0.2, 0.25) is 0 Å². The lowest BCUT2D eigenvalue weighted by Crippen LogP contribution is -2.18. The molecule has 1 aliphatic carbocycles. The zero-order chi connectivity index (χ0) is 13.4. The SMILES string of the molecule is O=C1Cc2ccccc2CC(=O)c2cc(Br)ccc21. The maximum atomic E-state index is 12.3. The molecular formula is C16H11BrO2. The lowest BCUT2D eigenvalue weighted by molar-refractivity contribution is 0.0953. The van der Waals surface area contributed by atoms with E-state index in [1.54, 1.807) is 18.2 Å². The molecule has 0 fully saturated rings. The van der Waals surface area contributed by atoms with E-state index in [1.165, 1.54) is 0 Å². The van der Waals surface area contributed by atoms with Crippen LogP contribution in [0.1, 0.15) is 31.8 Å². The van der Waals surface area contributed by atoms with Crippen LogP contribution in [0.5, 0.6) is 0 Å². The predicted octanol–water partition coefficient (Wildman–Crippen LogP) is 3.61. The van der Waals surface area contributed by atoms with Crippen molar-refractivity contribution in [3.8, 4) is 0 Å². The van der Waals surface area contributed by atoms with Gasteiger partial charge in [-0.15, -0.1) is 0 Å². The summed E-state index contributed by atoms with van der Waals surface area (Å²) in [5.41, 5.74) is 2.96. The van der Waals surface area contributed by atoms with Gasteiger partial charge in [0.2, 0.25) is 0 Å². The minimum absolute atomic E-state index is 0.00278. The number of benzene rings is 2. The predicted molar refractivity (Wildman–Crippen MR) is 76.7 cm³/mol. The van der Waals surface area contributed by atoms with Gasteiger partial charge in [-0.25, -0.2) is 0 Å². The summed E-state index contributed by atoms with van der Waals surface area (Å²) in [6, 6.07) is 12.9. The van der Waals surface area contributed by atoms with E-state index in [0.29, 0.717) is 24.0 Å². The van der Waals surface area contributed by atoms with E-state index in [9.17, 15) is 9.59 Å². The van der Waals surface area contributed by atoms with Gasteiger partial charge in [0.1, 0.15) is 0 Å². The standard InChI is InChI=1S/C16H11BrO2/c17-12-5-6-13-14(9-12)16(19)8-11-4-2-1-3-10(11)7-15(13)18/h1-6,9H,7-8H2. The van der Waals surface area contributed by atoms with Crippen molar-refractivity contribution in [2.24, 2.45) is 0 Å². The molecule has 0 aromatic heterocycles. The Morgan fingerprint density at radius 2 is 1.37 bits per heavy atom. The number of carbonyl (C=O) groups excluding carboxylic acids is 2. The number of hydrogen-bond donors (Lipinski definition) is 0. The molecule has 0 saturated heterocycles. The van der Waals surface area contributed by atoms with Crippen molar-refractivity contribution in [2.75, 3.05) is 0 Å². The van der Waals surface area contributed by atoms with Crippen LogP contribution >= 0.6 is 15.9 Å². The van der Waals surface area contributed by atoms with E-state index in [0.717, 1.165) is 15.6 Å². The molecule has 0 bridgehead atoms. The summed E-state index contributed by atoms with van der Waals surface area (Å²) in [4.78, 5) is 24.7. The number of halogens is 1. The highest BCUT2D eigenvalue weighted by molar-refractivity contribution is 9.10. The number of carbonyl (C=O) groups is 2. The molecule has 0 amide bonds. The van der Waals surface area contributed by atoms with Crippen molar-refractivity contribution in [2.45, 2.75) is 12.8 Å². The Morgan fingerprint density at radius 3 is 2.00 bits per heavy atom. The van der Waals surface area contributed by atoms with E-state index in [4.69, 9.17) is 0 Å². The molecule has 3 rings (SSSR count). The molecule has 0 saturated carbocycles. The van der Waals surface area contributed by atoms with Crippen molar-refractivity contribution < 1.29 is 9.59 Å². The lowest BCUT2D eigenvalue weighted by atomic mass is 9.87. The number of rotatable bonds is 0. The van der Waals surface area contributed by atoms with Crippen molar-refractivity contribution in [1.82, 2.24) is 0 Å². The Labute approximate surface area is 119 Å². The Balaban J connectivity index is 2.16. The number of fused-ring (bicyclic) bond motifs is 2. The quantitative estimate of drug-likeness (QED) is 0.744. The minimum atomic E-state index is -0.00296. The van der Waals surface area contributed by atoms with Crippen LogP contribution in [0.3, 0.4) is 0 Å². The topological polar surface area (TPSA) is 34.1 Å². The first-order valence-corrected chi connectivity index (χ1v) is 6.87. The second-order valence-corrected chi connectivity index (χ2v) is 5.57. The highest BCUT2D eigenvalue weighted by Gasteiger charge is 2.22. The molecule has 0 unspecified atom stereocenters. The molecule has 0 atom stereocenters. The molecule has 94 valence electrons. The van der Waals surface area contributed by atoms with Gasteiger partial charge in [0.25, 0.3) is 0 Å². The first-order chi connectivity index (χ1) is 9.15. The number of Topliss-reactive ketones (excluding diaryl/α,β-unsaturated/α-hetero) is 2. The zero-order valence-corrected chi connectivity index (χ0v) is 11.7. The van der Waals surface area contributed by atoms with Crippen LogP contribution in [-0.2, 0) is 12.8 Å². The van der Waals surface area contributed by atoms with Crippen molar-refractivity contribution >= 4 is 27.5 Å². The molecule has 19 heavy (non-hydrogen) atoms. The molecule has 0 N–H and O–H groups in total. The minimum Gasteiger partial charge on any atom is -0.294 e. The van der Waals surface area contributed by atoms with Gasteiger partial charge in [-0.3, -0.25) is 9.59 Å². The molecule has 2 nitrogen and oxygen atoms in total. The molecular weight excluding hydrogens is 304 g/mol. The lowest BCUT2D eigenvalue weighted by Gasteiger charge is -2.15. The van der Waals surface area contributed by atoms with Gasteiger partial charge in [0, 0.05) is 28.4 Å². The average molecular weight is 315 g/mol. The fourth-order valence-electron chi connectivity index (χ4n) is 2.43. The fourth-order valence-corrected chi connectivity index (χ4v) is 2.79. The molecule has 0 heterocycles. The Morgan fingerprint density at radius 1 is 0.789 bits per heavy atom. The van der Waals surface area contributed by atoms with Gasteiger partial charge in [0.05, 0.1) is 0 Å². The van der Waals surface area contributed by atoms with Crippen molar-refractivity contribution in [3.05, 3.63) is 69.2 Å². The van der Waals surface area contributed by atoms with E-state index in [1.807, 2.05) is 24.3 Å². The molecule has 2 aromatic rings. The van der Waals surface area contributed by atoms with Crippen LogP contribution in [0, 0.1) is 0 Å². The number of hydrogen-bond acceptors (Lipinski definition) is 2. The van der Waals surface area contributed by atoms with Crippen LogP contribution in [0.4, 0.5) is 0 Å². The fraction of sp³-hybridized carbons (Fsp3) is 0.125. The van der Waals surface area contributed by atoms with Crippen LogP contribution in [-0.4, -0.2) is 11.6 Å². The van der Waals surface area contributed by atoms with Crippen LogP contribution < -0.4 is 0 Å². The highest BCUT2D eigenvalue weighted by atomic mass is 79.9. The summed E-state index contributed by atoms with van der Waals surface area (Å²) < 4.78 is 0.821. The van der Waals surface area contributed by atoms with Crippen molar-refractivity contribution in [1.29, 1.82) is 0 Å². The molecule has 1 aliphatic rings. The van der Waals surface area contributed by atoms with E-state index in [-0.39, 0.29) is 11.6 Å². The summed E-state index contributed by atoms with van der Waals surface area (Å²) in [6.45, 7) is 0. The largest absolute Gasteiger partial charge is 0.294 e. The van der Waals surface area contributed by atoms with Gasteiger partial charge in [-0.05, 0) is 29.3 Å². The van der Waals surface area contributed by atoms with E-state index in [2.05, 4.69) is 15.9 Å². The Bertz CT molecular complexity index is 689. The van der Waals surface area contributed by atoms with E-state index >= 15 is 0 Å². The van der Waals surface area contributed by atoms with E-state index < -0.39 is 0 Å². The highest BCUT2D eigenvalue weighted by Crippen LogP contribution is 2.24. The maximum absolute atomic E-state index is 12.3. The molecule has 0 aliphatic heterocycles. The Hall–Kier alpha value is -1.74. The van der Waals surface area contributed by atoms with Crippen molar-refractivity contribution in [3.63, 3.8) is 0 Å². The molecule has 3 heteroatoms. The summed E-state index contributed by atoms with van der Waals surface area (Å²) in [7, 11) is 0. The maximum Gasteiger partial charge on any atom is 0.168 e. The van der Waals surface area contributed by atoms with Gasteiger partial charge >= 0.3 is 0 Å². The zero-order valence-electron chi connectivity index (χ0n) is 10.2. The second kappa shape index (κ2) is 4.74. The second-order valence-electron chi connectivity index (χ2n) is 4.66. The molecule has 0 spiro atoms. The first-order valence-electron chi connectivity index (χ1n) is 6.08. The summed E-state index contributed by atoms with van der Waals surface area (Å²) in [5, 5.41) is 0. The third kappa shape index (κ3) is 2.26.